The predicted molar refractivity (Wildman–Crippen MR) is 116 cm³/mol. The van der Waals surface area contributed by atoms with Crippen molar-refractivity contribution in [2.24, 2.45) is 0 Å². The molecule has 5 heteroatoms. The molecule has 0 aliphatic heterocycles. The number of benzene rings is 2. The van der Waals surface area contributed by atoms with E-state index in [0.29, 0.717) is 6.42 Å². The van der Waals surface area contributed by atoms with Crippen molar-refractivity contribution in [3.05, 3.63) is 64.9 Å². The van der Waals surface area contributed by atoms with Crippen LogP contribution >= 0.6 is 11.6 Å². The largest absolute Gasteiger partial charge is 0.352 e. The van der Waals surface area contributed by atoms with Gasteiger partial charge in [-0.3, -0.25) is 4.79 Å². The minimum Gasteiger partial charge on any atom is -0.352 e. The summed E-state index contributed by atoms with van der Waals surface area (Å²) in [6.45, 7) is 6.23. The molecule has 1 aromatic heterocycles. The molecule has 0 saturated heterocycles. The van der Waals surface area contributed by atoms with Crippen molar-refractivity contribution in [1.29, 1.82) is 0 Å². The van der Waals surface area contributed by atoms with Crippen LogP contribution < -0.4 is 5.32 Å². The molecule has 4 nitrogen and oxygen atoms in total. The molecule has 3 aromatic rings. The molecule has 3 rings (SSSR count). The number of amides is 1. The number of rotatable bonds is 8. The Hall–Kier alpha value is -2.33. The van der Waals surface area contributed by atoms with Gasteiger partial charge in [0.05, 0.1) is 11.0 Å². The van der Waals surface area contributed by atoms with Gasteiger partial charge < -0.3 is 9.88 Å². The Bertz CT molecular complexity index is 950. The molecule has 1 N–H and O–H groups in total. The number of imidazole rings is 1. The van der Waals surface area contributed by atoms with E-state index in [4.69, 9.17) is 16.6 Å². The first kappa shape index (κ1) is 20.4. The fourth-order valence-corrected chi connectivity index (χ4v) is 3.67. The van der Waals surface area contributed by atoms with Crippen LogP contribution in [0, 0.1) is 0 Å². The molecule has 2 aromatic carbocycles. The molecule has 0 aliphatic carbocycles. The van der Waals surface area contributed by atoms with Crippen molar-refractivity contribution >= 4 is 28.5 Å². The zero-order valence-corrected chi connectivity index (χ0v) is 17.5. The standard InChI is InChI=1S/C23H28ClN3O/c1-4-10-21(23(28)25-16(3)5-2)27-20-14-9-8-13-19(20)26-22(27)15-17-11-6-7-12-18(17)24/h6-9,11-14,16,21H,4-5,10,15H2,1-3H3,(H,25,28)/t16-,21+/m1/s1. The first-order chi connectivity index (χ1) is 13.5. The van der Waals surface area contributed by atoms with Gasteiger partial charge in [-0.05, 0) is 43.5 Å². The zero-order valence-electron chi connectivity index (χ0n) is 16.8. The molecular weight excluding hydrogens is 370 g/mol. The van der Waals surface area contributed by atoms with Crippen molar-refractivity contribution in [2.45, 2.75) is 58.5 Å². The Kier molecular flexibility index (Phi) is 6.74. The van der Waals surface area contributed by atoms with Crippen molar-refractivity contribution in [3.8, 4) is 0 Å². The maximum Gasteiger partial charge on any atom is 0.243 e. The molecule has 0 radical (unpaired) electrons. The summed E-state index contributed by atoms with van der Waals surface area (Å²) in [6.07, 6.45) is 3.17. The molecule has 0 aliphatic rings. The summed E-state index contributed by atoms with van der Waals surface area (Å²) < 4.78 is 2.11. The van der Waals surface area contributed by atoms with Gasteiger partial charge in [0.25, 0.3) is 0 Å². The molecule has 1 amide bonds. The number of nitrogens with zero attached hydrogens (tertiary/aromatic N) is 2. The summed E-state index contributed by atoms with van der Waals surface area (Å²) in [6, 6.07) is 15.7. The van der Waals surface area contributed by atoms with Gasteiger partial charge in [0.15, 0.2) is 0 Å². The third kappa shape index (κ3) is 4.39. The predicted octanol–water partition coefficient (Wildman–Crippen LogP) is 5.54. The normalized spacial score (nSPS) is 13.4. The summed E-state index contributed by atoms with van der Waals surface area (Å²) in [4.78, 5) is 18.0. The molecule has 2 atom stereocenters. The molecule has 0 spiro atoms. The Labute approximate surface area is 171 Å². The number of fused-ring (bicyclic) bond motifs is 1. The summed E-state index contributed by atoms with van der Waals surface area (Å²) in [5, 5.41) is 3.88. The number of aromatic nitrogens is 2. The Morgan fingerprint density at radius 3 is 2.57 bits per heavy atom. The van der Waals surface area contributed by atoms with Crippen LogP contribution in [-0.4, -0.2) is 21.5 Å². The molecular formula is C23H28ClN3O. The van der Waals surface area contributed by atoms with Gasteiger partial charge in [-0.2, -0.15) is 0 Å². The van der Waals surface area contributed by atoms with E-state index in [0.717, 1.165) is 46.7 Å². The fourth-order valence-electron chi connectivity index (χ4n) is 3.47. The maximum atomic E-state index is 13.1. The second kappa shape index (κ2) is 9.24. The van der Waals surface area contributed by atoms with Crippen LogP contribution in [0.25, 0.3) is 11.0 Å². The van der Waals surface area contributed by atoms with Gasteiger partial charge in [0.2, 0.25) is 5.91 Å². The smallest absolute Gasteiger partial charge is 0.243 e. The number of carbonyl (C=O) groups excluding carboxylic acids is 1. The second-order valence-electron chi connectivity index (χ2n) is 7.28. The minimum atomic E-state index is -0.288. The van der Waals surface area contributed by atoms with Crippen LogP contribution in [0.1, 0.15) is 57.5 Å². The van der Waals surface area contributed by atoms with E-state index in [1.165, 1.54) is 0 Å². The summed E-state index contributed by atoms with van der Waals surface area (Å²) in [7, 11) is 0. The average Bonchev–Trinajstić information content (AvgIpc) is 3.05. The average molecular weight is 398 g/mol. The summed E-state index contributed by atoms with van der Waals surface area (Å²) in [5.74, 6) is 0.923. The third-order valence-corrected chi connectivity index (χ3v) is 5.52. The van der Waals surface area contributed by atoms with Gasteiger partial charge in [0.1, 0.15) is 11.9 Å². The molecule has 0 saturated carbocycles. The molecule has 0 fully saturated rings. The quantitative estimate of drug-likeness (QED) is 0.542. The number of nitrogens with one attached hydrogen (secondary N) is 1. The Morgan fingerprint density at radius 1 is 1.14 bits per heavy atom. The first-order valence-corrected chi connectivity index (χ1v) is 10.4. The topological polar surface area (TPSA) is 46.9 Å². The van der Waals surface area contributed by atoms with Crippen LogP contribution in [-0.2, 0) is 11.2 Å². The van der Waals surface area contributed by atoms with Crippen LogP contribution in [0.15, 0.2) is 48.5 Å². The monoisotopic (exact) mass is 397 g/mol. The molecule has 28 heavy (non-hydrogen) atoms. The number of halogens is 1. The fraction of sp³-hybridized carbons (Fsp3) is 0.391. The van der Waals surface area contributed by atoms with Crippen LogP contribution in [0.2, 0.25) is 5.02 Å². The highest BCUT2D eigenvalue weighted by molar-refractivity contribution is 6.31. The number of hydrogen-bond donors (Lipinski definition) is 1. The lowest BCUT2D eigenvalue weighted by atomic mass is 10.1. The van der Waals surface area contributed by atoms with Gasteiger partial charge in [-0.1, -0.05) is 62.2 Å². The molecule has 148 valence electrons. The van der Waals surface area contributed by atoms with Crippen molar-refractivity contribution in [1.82, 2.24) is 14.9 Å². The first-order valence-electron chi connectivity index (χ1n) is 10.0. The number of carbonyl (C=O) groups is 1. The van der Waals surface area contributed by atoms with E-state index in [1.807, 2.05) is 55.5 Å². The highest BCUT2D eigenvalue weighted by Gasteiger charge is 2.26. The van der Waals surface area contributed by atoms with Crippen molar-refractivity contribution in [3.63, 3.8) is 0 Å². The molecule has 1 heterocycles. The van der Waals surface area contributed by atoms with Crippen LogP contribution in [0.5, 0.6) is 0 Å². The third-order valence-electron chi connectivity index (χ3n) is 5.15. The zero-order chi connectivity index (χ0) is 20.1. The van der Waals surface area contributed by atoms with Gasteiger partial charge in [0, 0.05) is 17.5 Å². The van der Waals surface area contributed by atoms with Crippen molar-refractivity contribution in [2.75, 3.05) is 0 Å². The van der Waals surface area contributed by atoms with E-state index in [-0.39, 0.29) is 18.0 Å². The minimum absolute atomic E-state index is 0.0553. The van der Waals surface area contributed by atoms with E-state index in [1.54, 1.807) is 0 Å². The van der Waals surface area contributed by atoms with E-state index in [9.17, 15) is 4.79 Å². The molecule has 0 bridgehead atoms. The maximum absolute atomic E-state index is 13.1. The highest BCUT2D eigenvalue weighted by Crippen LogP contribution is 2.28. The Balaban J connectivity index is 2.08. The SMILES string of the molecule is CCC[C@@H](C(=O)N[C@H](C)CC)n1c(Cc2ccccc2Cl)nc2ccccc21. The Morgan fingerprint density at radius 2 is 1.86 bits per heavy atom. The van der Waals surface area contributed by atoms with Gasteiger partial charge in [-0.25, -0.2) is 4.98 Å². The van der Waals surface area contributed by atoms with E-state index < -0.39 is 0 Å². The summed E-state index contributed by atoms with van der Waals surface area (Å²) >= 11 is 6.40. The lowest BCUT2D eigenvalue weighted by Crippen LogP contribution is -2.38. The summed E-state index contributed by atoms with van der Waals surface area (Å²) in [5.41, 5.74) is 2.91. The van der Waals surface area contributed by atoms with E-state index in [2.05, 4.69) is 23.7 Å². The second-order valence-corrected chi connectivity index (χ2v) is 7.68. The lowest BCUT2D eigenvalue weighted by Gasteiger charge is -2.23. The van der Waals surface area contributed by atoms with Crippen LogP contribution in [0.4, 0.5) is 0 Å². The lowest BCUT2D eigenvalue weighted by molar-refractivity contribution is -0.125. The number of para-hydroxylation sites is 2. The van der Waals surface area contributed by atoms with Gasteiger partial charge in [-0.15, -0.1) is 0 Å². The number of hydrogen-bond acceptors (Lipinski definition) is 2. The van der Waals surface area contributed by atoms with E-state index >= 15 is 0 Å². The van der Waals surface area contributed by atoms with Crippen molar-refractivity contribution < 1.29 is 4.79 Å². The van der Waals surface area contributed by atoms with Gasteiger partial charge >= 0.3 is 0 Å². The molecule has 0 unspecified atom stereocenters. The van der Waals surface area contributed by atoms with Crippen LogP contribution in [0.3, 0.4) is 0 Å². The highest BCUT2D eigenvalue weighted by atomic mass is 35.5.